The molecule has 0 aliphatic heterocycles. The molecule has 0 bridgehead atoms. The minimum absolute atomic E-state index is 0. The van der Waals surface area contributed by atoms with Gasteiger partial charge in [0.25, 0.3) is 0 Å². The fourth-order valence-corrected chi connectivity index (χ4v) is 3.08. The van der Waals surface area contributed by atoms with Crippen LogP contribution < -0.4 is 15.4 Å². The Morgan fingerprint density at radius 2 is 1.59 bits per heavy atom. The maximum Gasteiger partial charge on any atom is 0.213 e. The molecule has 0 saturated carbocycles. The van der Waals surface area contributed by atoms with Crippen LogP contribution in [-0.2, 0) is 6.54 Å². The maximum atomic E-state index is 5.18. The molecule has 0 saturated heterocycles. The summed E-state index contributed by atoms with van der Waals surface area (Å²) in [6, 6.07) is 24.9. The predicted octanol–water partition coefficient (Wildman–Crippen LogP) is 4.21. The van der Waals surface area contributed by atoms with Crippen molar-refractivity contribution < 1.29 is 4.74 Å². The topological polar surface area (TPSA) is 58.5 Å². The zero-order chi connectivity index (χ0) is 19.6. The molecule has 0 fully saturated rings. The third kappa shape index (κ3) is 6.74. The number of nitrogens with one attached hydrogen (secondary N) is 2. The van der Waals surface area contributed by atoms with Crippen LogP contribution in [0, 0.1) is 0 Å². The summed E-state index contributed by atoms with van der Waals surface area (Å²) in [7, 11) is 3.40. The van der Waals surface area contributed by atoms with E-state index in [1.54, 1.807) is 20.4 Å². The lowest BCUT2D eigenvalue weighted by atomic mass is 9.91. The highest BCUT2D eigenvalue weighted by molar-refractivity contribution is 14.0. The van der Waals surface area contributed by atoms with Crippen LogP contribution in [0.15, 0.2) is 84.0 Å². The first-order valence-corrected chi connectivity index (χ1v) is 9.33. The second-order valence-corrected chi connectivity index (χ2v) is 6.39. The minimum atomic E-state index is 0. The highest BCUT2D eigenvalue weighted by Gasteiger charge is 2.14. The van der Waals surface area contributed by atoms with Gasteiger partial charge in [0.2, 0.25) is 5.88 Å². The van der Waals surface area contributed by atoms with Gasteiger partial charge in [-0.3, -0.25) is 4.99 Å². The Morgan fingerprint density at radius 1 is 0.966 bits per heavy atom. The molecule has 0 aliphatic carbocycles. The number of rotatable bonds is 7. The average Bonchev–Trinajstić information content (AvgIpc) is 2.77. The minimum Gasteiger partial charge on any atom is -0.481 e. The van der Waals surface area contributed by atoms with E-state index in [0.717, 1.165) is 18.1 Å². The number of benzene rings is 2. The zero-order valence-electron chi connectivity index (χ0n) is 16.7. The summed E-state index contributed by atoms with van der Waals surface area (Å²) < 4.78 is 5.18. The van der Waals surface area contributed by atoms with Gasteiger partial charge in [-0.2, -0.15) is 0 Å². The number of methoxy groups -OCH3 is 1. The number of nitrogens with zero attached hydrogens (tertiary/aromatic N) is 2. The standard InChI is InChI=1S/C23H26N4O.HI/c1-24-23(26-16-18-13-14-25-22(15-18)28-2)27-17-21(19-9-5-3-6-10-19)20-11-7-4-8-12-20;/h3-15,21H,16-17H2,1-2H3,(H2,24,26,27);1H. The summed E-state index contributed by atoms with van der Waals surface area (Å²) in [5.41, 5.74) is 3.63. The van der Waals surface area contributed by atoms with Crippen molar-refractivity contribution in [3.63, 3.8) is 0 Å². The lowest BCUT2D eigenvalue weighted by Gasteiger charge is -2.20. The van der Waals surface area contributed by atoms with E-state index in [9.17, 15) is 0 Å². The highest BCUT2D eigenvalue weighted by atomic mass is 127. The van der Waals surface area contributed by atoms with E-state index in [-0.39, 0.29) is 29.9 Å². The quantitative estimate of drug-likeness (QED) is 0.289. The summed E-state index contributed by atoms with van der Waals surface area (Å²) >= 11 is 0. The predicted molar refractivity (Wildman–Crippen MR) is 129 cm³/mol. The van der Waals surface area contributed by atoms with Gasteiger partial charge in [-0.25, -0.2) is 4.98 Å². The van der Waals surface area contributed by atoms with E-state index in [2.05, 4.69) is 69.1 Å². The first-order valence-electron chi connectivity index (χ1n) is 9.33. The van der Waals surface area contributed by atoms with Gasteiger partial charge in [0.1, 0.15) is 0 Å². The van der Waals surface area contributed by atoms with Crippen molar-refractivity contribution in [1.29, 1.82) is 0 Å². The van der Waals surface area contributed by atoms with Gasteiger partial charge < -0.3 is 15.4 Å². The molecule has 0 spiro atoms. The normalized spacial score (nSPS) is 10.9. The van der Waals surface area contributed by atoms with Crippen molar-refractivity contribution >= 4 is 29.9 Å². The Morgan fingerprint density at radius 3 is 2.14 bits per heavy atom. The van der Waals surface area contributed by atoms with Gasteiger partial charge in [0.15, 0.2) is 5.96 Å². The molecule has 29 heavy (non-hydrogen) atoms. The molecule has 0 aliphatic rings. The Labute approximate surface area is 189 Å². The fraction of sp³-hybridized carbons (Fsp3) is 0.217. The average molecular weight is 502 g/mol. The Balaban J connectivity index is 0.00000300. The van der Waals surface area contributed by atoms with Crippen LogP contribution in [0.3, 0.4) is 0 Å². The third-order valence-corrected chi connectivity index (χ3v) is 4.57. The van der Waals surface area contributed by atoms with Crippen LogP contribution in [0.25, 0.3) is 0 Å². The number of guanidine groups is 1. The number of pyridine rings is 1. The van der Waals surface area contributed by atoms with Crippen LogP contribution >= 0.6 is 24.0 Å². The molecule has 0 radical (unpaired) electrons. The summed E-state index contributed by atoms with van der Waals surface area (Å²) in [6.07, 6.45) is 1.74. The molecule has 5 nitrogen and oxygen atoms in total. The van der Waals surface area contributed by atoms with Gasteiger partial charge in [-0.15, -0.1) is 24.0 Å². The monoisotopic (exact) mass is 502 g/mol. The fourth-order valence-electron chi connectivity index (χ4n) is 3.08. The van der Waals surface area contributed by atoms with Crippen molar-refractivity contribution in [3.8, 4) is 5.88 Å². The molecule has 0 atom stereocenters. The molecule has 0 unspecified atom stereocenters. The Bertz CT molecular complexity index is 848. The largest absolute Gasteiger partial charge is 0.481 e. The highest BCUT2D eigenvalue weighted by Crippen LogP contribution is 2.23. The zero-order valence-corrected chi connectivity index (χ0v) is 19.0. The molecular weight excluding hydrogens is 475 g/mol. The third-order valence-electron chi connectivity index (χ3n) is 4.57. The van der Waals surface area contributed by atoms with Gasteiger partial charge >= 0.3 is 0 Å². The summed E-state index contributed by atoms with van der Waals surface area (Å²) in [4.78, 5) is 8.49. The number of ether oxygens (including phenoxy) is 1. The van der Waals surface area contributed by atoms with Gasteiger partial charge in [-0.1, -0.05) is 60.7 Å². The molecule has 3 rings (SSSR count). The number of aliphatic imine (C=N–C) groups is 1. The summed E-state index contributed by atoms with van der Waals surface area (Å²) in [5.74, 6) is 1.60. The lowest BCUT2D eigenvalue weighted by Crippen LogP contribution is -2.39. The van der Waals surface area contributed by atoms with Crippen LogP contribution in [-0.4, -0.2) is 31.6 Å². The SMILES string of the molecule is CN=C(NCc1ccnc(OC)c1)NCC(c1ccccc1)c1ccccc1.I. The molecule has 3 aromatic rings. The Kier molecular flexibility index (Phi) is 9.43. The number of aromatic nitrogens is 1. The van der Waals surface area contributed by atoms with E-state index in [1.807, 2.05) is 24.3 Å². The van der Waals surface area contributed by atoms with Gasteiger partial charge in [0, 0.05) is 38.3 Å². The summed E-state index contributed by atoms with van der Waals surface area (Å²) in [6.45, 7) is 1.38. The van der Waals surface area contributed by atoms with Crippen LogP contribution in [0.4, 0.5) is 0 Å². The molecule has 2 aromatic carbocycles. The van der Waals surface area contributed by atoms with Gasteiger partial charge in [0.05, 0.1) is 7.11 Å². The number of halogens is 1. The molecule has 0 amide bonds. The summed E-state index contributed by atoms with van der Waals surface area (Å²) in [5, 5.41) is 6.81. The maximum absolute atomic E-state index is 5.18. The van der Waals surface area contributed by atoms with Gasteiger partial charge in [-0.05, 0) is 22.8 Å². The smallest absolute Gasteiger partial charge is 0.213 e. The molecular formula is C23H27IN4O. The van der Waals surface area contributed by atoms with E-state index in [1.165, 1.54) is 11.1 Å². The van der Waals surface area contributed by atoms with Crippen LogP contribution in [0.2, 0.25) is 0 Å². The second kappa shape index (κ2) is 12.1. The number of hydrogen-bond acceptors (Lipinski definition) is 3. The Hall–Kier alpha value is -2.61. The van der Waals surface area contributed by atoms with E-state index < -0.39 is 0 Å². The number of hydrogen-bond donors (Lipinski definition) is 2. The van der Waals surface area contributed by atoms with Crippen LogP contribution in [0.5, 0.6) is 5.88 Å². The van der Waals surface area contributed by atoms with Crippen molar-refractivity contribution in [2.75, 3.05) is 20.7 Å². The molecule has 6 heteroatoms. The van der Waals surface area contributed by atoms with Crippen molar-refractivity contribution in [3.05, 3.63) is 95.7 Å². The van der Waals surface area contributed by atoms with Crippen LogP contribution in [0.1, 0.15) is 22.6 Å². The van der Waals surface area contributed by atoms with E-state index in [0.29, 0.717) is 12.4 Å². The molecule has 1 heterocycles. The van der Waals surface area contributed by atoms with Crippen molar-refractivity contribution in [2.24, 2.45) is 4.99 Å². The second-order valence-electron chi connectivity index (χ2n) is 6.39. The lowest BCUT2D eigenvalue weighted by molar-refractivity contribution is 0.397. The van der Waals surface area contributed by atoms with E-state index >= 15 is 0 Å². The first-order chi connectivity index (χ1) is 13.8. The van der Waals surface area contributed by atoms with Crippen molar-refractivity contribution in [2.45, 2.75) is 12.5 Å². The molecule has 152 valence electrons. The molecule has 1 aromatic heterocycles. The first kappa shape index (κ1) is 22.7. The molecule has 2 N–H and O–H groups in total. The van der Waals surface area contributed by atoms with E-state index in [4.69, 9.17) is 4.74 Å². The van der Waals surface area contributed by atoms with Crippen molar-refractivity contribution in [1.82, 2.24) is 15.6 Å².